The van der Waals surface area contributed by atoms with Crippen molar-refractivity contribution >= 4 is 10.9 Å². The Labute approximate surface area is 147 Å². The Morgan fingerprint density at radius 2 is 1.69 bits per heavy atom. The Balaban J connectivity index is 1.82. The highest BCUT2D eigenvalue weighted by atomic mass is 19.4. The molecule has 4 rings (SSSR count). The van der Waals surface area contributed by atoms with Crippen LogP contribution in [-0.4, -0.2) is 22.9 Å². The van der Waals surface area contributed by atoms with Crippen molar-refractivity contribution in [1.29, 1.82) is 0 Å². The lowest BCUT2D eigenvalue weighted by Crippen LogP contribution is -2.26. The Morgan fingerprint density at radius 3 is 2.35 bits per heavy atom. The second kappa shape index (κ2) is 6.39. The molecule has 0 atom stereocenters. The summed E-state index contributed by atoms with van der Waals surface area (Å²) in [6.45, 7) is 1.78. The first-order valence-corrected chi connectivity index (χ1v) is 8.50. The normalized spacial score (nSPS) is 16.3. The molecule has 3 aromatic rings. The zero-order valence-corrected chi connectivity index (χ0v) is 13.9. The van der Waals surface area contributed by atoms with Gasteiger partial charge < -0.3 is 5.32 Å². The van der Waals surface area contributed by atoms with Crippen molar-refractivity contribution in [2.45, 2.75) is 24.9 Å². The third-order valence-corrected chi connectivity index (χ3v) is 4.84. The minimum atomic E-state index is -4.39. The molecule has 1 fully saturated rings. The summed E-state index contributed by atoms with van der Waals surface area (Å²) >= 11 is 0. The van der Waals surface area contributed by atoms with E-state index in [-0.39, 0.29) is 5.92 Å². The van der Waals surface area contributed by atoms with Gasteiger partial charge in [0.15, 0.2) is 0 Å². The van der Waals surface area contributed by atoms with E-state index in [4.69, 9.17) is 0 Å². The molecule has 1 N–H and O–H groups in total. The van der Waals surface area contributed by atoms with Crippen molar-refractivity contribution in [2.24, 2.45) is 0 Å². The molecule has 26 heavy (non-hydrogen) atoms. The highest BCUT2D eigenvalue weighted by Gasteiger charge is 2.30. The van der Waals surface area contributed by atoms with Gasteiger partial charge in [0.1, 0.15) is 5.82 Å². The molecule has 2 aromatic carbocycles. The number of benzene rings is 2. The first-order chi connectivity index (χ1) is 12.4. The summed E-state index contributed by atoms with van der Waals surface area (Å²) < 4.78 is 53.7. The fourth-order valence-electron chi connectivity index (χ4n) is 3.50. The number of nitrogens with one attached hydrogen (secondary N) is 1. The number of alkyl halides is 3. The van der Waals surface area contributed by atoms with Crippen LogP contribution in [0.3, 0.4) is 0 Å². The van der Waals surface area contributed by atoms with Crippen LogP contribution >= 0.6 is 0 Å². The van der Waals surface area contributed by atoms with Gasteiger partial charge >= 0.3 is 6.18 Å². The van der Waals surface area contributed by atoms with Crippen LogP contribution in [0.25, 0.3) is 16.6 Å². The van der Waals surface area contributed by atoms with E-state index in [2.05, 4.69) is 10.4 Å². The first kappa shape index (κ1) is 17.0. The third kappa shape index (κ3) is 3.07. The second-order valence-corrected chi connectivity index (χ2v) is 6.53. The van der Waals surface area contributed by atoms with Crippen LogP contribution < -0.4 is 5.32 Å². The molecule has 136 valence electrons. The van der Waals surface area contributed by atoms with Gasteiger partial charge in [0.2, 0.25) is 0 Å². The zero-order chi connectivity index (χ0) is 18.3. The lowest BCUT2D eigenvalue weighted by atomic mass is 9.92. The smallest absolute Gasteiger partial charge is 0.317 e. The molecule has 3 nitrogen and oxygen atoms in total. The summed E-state index contributed by atoms with van der Waals surface area (Å²) in [5, 5.41) is 8.80. The molecule has 0 spiro atoms. The maximum Gasteiger partial charge on any atom is 0.416 e. The second-order valence-electron chi connectivity index (χ2n) is 6.53. The predicted molar refractivity (Wildman–Crippen MR) is 90.9 cm³/mol. The highest BCUT2D eigenvalue weighted by Crippen LogP contribution is 2.34. The summed E-state index contributed by atoms with van der Waals surface area (Å²) in [5.41, 5.74) is 1.20. The number of aromatic nitrogens is 2. The van der Waals surface area contributed by atoms with Gasteiger partial charge in [-0.15, -0.1) is 0 Å². The van der Waals surface area contributed by atoms with Gasteiger partial charge in [-0.1, -0.05) is 0 Å². The summed E-state index contributed by atoms with van der Waals surface area (Å²) in [4.78, 5) is 0. The molecule has 1 aliphatic heterocycles. The van der Waals surface area contributed by atoms with Crippen LogP contribution in [-0.2, 0) is 6.18 Å². The minimum absolute atomic E-state index is 0.250. The monoisotopic (exact) mass is 363 g/mol. The molecule has 2 heterocycles. The van der Waals surface area contributed by atoms with Crippen molar-refractivity contribution < 1.29 is 17.6 Å². The molecule has 1 aliphatic rings. The molecule has 0 saturated carbocycles. The standard InChI is InChI=1S/C19H17F4N3/c20-14-3-6-16-17(11-14)26(25-18(16)12-7-9-24-10-8-12)15-4-1-13(2-5-15)19(21,22)23/h1-6,11-12,24H,7-10H2. The molecular formula is C19H17F4N3. The first-order valence-electron chi connectivity index (χ1n) is 8.50. The van der Waals surface area contributed by atoms with Gasteiger partial charge in [0.25, 0.3) is 0 Å². The van der Waals surface area contributed by atoms with Crippen LogP contribution in [0.5, 0.6) is 0 Å². The molecule has 0 unspecified atom stereocenters. The Bertz CT molecular complexity index is 922. The van der Waals surface area contributed by atoms with Gasteiger partial charge in [0, 0.05) is 17.4 Å². The number of rotatable bonds is 2. The molecule has 0 aliphatic carbocycles. The van der Waals surface area contributed by atoms with Gasteiger partial charge in [-0.3, -0.25) is 0 Å². The summed E-state index contributed by atoms with van der Waals surface area (Å²) in [5.74, 6) is -0.151. The van der Waals surface area contributed by atoms with Crippen LogP contribution in [0.1, 0.15) is 30.0 Å². The molecule has 0 bridgehead atoms. The summed E-state index contributed by atoms with van der Waals surface area (Å²) in [6, 6.07) is 9.25. The number of halogens is 4. The molecule has 1 aromatic heterocycles. The van der Waals surface area contributed by atoms with Crippen LogP contribution in [0.2, 0.25) is 0 Å². The third-order valence-electron chi connectivity index (χ3n) is 4.84. The number of hydrogen-bond donors (Lipinski definition) is 1. The number of fused-ring (bicyclic) bond motifs is 1. The predicted octanol–water partition coefficient (Wildman–Crippen LogP) is 4.65. The maximum atomic E-state index is 13.8. The van der Waals surface area contributed by atoms with E-state index in [9.17, 15) is 17.6 Å². The number of nitrogens with zero attached hydrogens (tertiary/aromatic N) is 2. The van der Waals surface area contributed by atoms with Crippen LogP contribution in [0.15, 0.2) is 42.5 Å². The van der Waals surface area contributed by atoms with Crippen molar-refractivity contribution in [2.75, 3.05) is 13.1 Å². The average Bonchev–Trinajstić information content (AvgIpc) is 3.00. The van der Waals surface area contributed by atoms with E-state index in [1.165, 1.54) is 28.9 Å². The topological polar surface area (TPSA) is 29.9 Å². The van der Waals surface area contributed by atoms with Crippen LogP contribution in [0, 0.1) is 5.82 Å². The zero-order valence-electron chi connectivity index (χ0n) is 13.9. The van der Waals surface area contributed by atoms with E-state index in [1.54, 1.807) is 6.07 Å². The average molecular weight is 363 g/mol. The van der Waals surface area contributed by atoms with Gasteiger partial charge in [-0.25, -0.2) is 9.07 Å². The van der Waals surface area contributed by atoms with Gasteiger partial charge in [0.05, 0.1) is 22.5 Å². The van der Waals surface area contributed by atoms with E-state index in [0.29, 0.717) is 11.2 Å². The Morgan fingerprint density at radius 1 is 1.00 bits per heavy atom. The Hall–Kier alpha value is -2.41. The fraction of sp³-hybridized carbons (Fsp3) is 0.316. The summed E-state index contributed by atoms with van der Waals surface area (Å²) in [7, 11) is 0. The van der Waals surface area contributed by atoms with E-state index in [1.807, 2.05) is 0 Å². The lowest BCUT2D eigenvalue weighted by molar-refractivity contribution is -0.137. The van der Waals surface area contributed by atoms with E-state index < -0.39 is 17.6 Å². The van der Waals surface area contributed by atoms with Gasteiger partial charge in [-0.2, -0.15) is 18.3 Å². The highest BCUT2D eigenvalue weighted by molar-refractivity contribution is 5.84. The molecule has 1 saturated heterocycles. The summed E-state index contributed by atoms with van der Waals surface area (Å²) in [6.07, 6.45) is -2.54. The molecule has 7 heteroatoms. The van der Waals surface area contributed by atoms with Crippen molar-refractivity contribution in [3.63, 3.8) is 0 Å². The maximum absolute atomic E-state index is 13.8. The number of piperidine rings is 1. The molecule has 0 amide bonds. The van der Waals surface area contributed by atoms with Crippen molar-refractivity contribution in [1.82, 2.24) is 15.1 Å². The SMILES string of the molecule is Fc1ccc2c(C3CCNCC3)nn(-c3ccc(C(F)(F)F)cc3)c2c1. The minimum Gasteiger partial charge on any atom is -0.317 e. The Kier molecular flexibility index (Phi) is 4.19. The van der Waals surface area contributed by atoms with E-state index >= 15 is 0 Å². The lowest BCUT2D eigenvalue weighted by Gasteiger charge is -2.21. The van der Waals surface area contributed by atoms with Crippen LogP contribution in [0.4, 0.5) is 17.6 Å². The largest absolute Gasteiger partial charge is 0.416 e. The van der Waals surface area contributed by atoms with Crippen molar-refractivity contribution in [3.05, 3.63) is 59.5 Å². The molecule has 0 radical (unpaired) electrons. The van der Waals surface area contributed by atoms with Gasteiger partial charge in [-0.05, 0) is 62.3 Å². The fourth-order valence-corrected chi connectivity index (χ4v) is 3.50. The van der Waals surface area contributed by atoms with E-state index in [0.717, 1.165) is 49.1 Å². The number of hydrogen-bond acceptors (Lipinski definition) is 2. The molecular weight excluding hydrogens is 346 g/mol. The van der Waals surface area contributed by atoms with Crippen molar-refractivity contribution in [3.8, 4) is 5.69 Å². The quantitative estimate of drug-likeness (QED) is 0.672.